The van der Waals surface area contributed by atoms with Crippen LogP contribution in [0.4, 0.5) is 10.9 Å². The standard InChI is InChI=1S/C12H20N4OS/c1-3-6-15(2)12-14-10(13)9(18-12)11(17)16-7-4-5-8-16/h3-8,13H2,1-2H3. The number of hydrogen-bond acceptors (Lipinski definition) is 5. The lowest BCUT2D eigenvalue weighted by Crippen LogP contribution is -2.27. The van der Waals surface area contributed by atoms with Gasteiger partial charge in [-0.05, 0) is 19.3 Å². The highest BCUT2D eigenvalue weighted by Gasteiger charge is 2.25. The Morgan fingerprint density at radius 2 is 2.17 bits per heavy atom. The number of anilines is 2. The van der Waals surface area contributed by atoms with Gasteiger partial charge in [0.2, 0.25) is 0 Å². The number of likely N-dealkylation sites (tertiary alicyclic amines) is 1. The van der Waals surface area contributed by atoms with Gasteiger partial charge in [0.15, 0.2) is 5.13 Å². The van der Waals surface area contributed by atoms with Crippen LogP contribution in [0.1, 0.15) is 35.9 Å². The summed E-state index contributed by atoms with van der Waals surface area (Å²) in [7, 11) is 1.98. The molecule has 100 valence electrons. The fourth-order valence-corrected chi connectivity index (χ4v) is 3.07. The lowest BCUT2D eigenvalue weighted by molar-refractivity contribution is 0.0798. The number of hydrogen-bond donors (Lipinski definition) is 1. The van der Waals surface area contributed by atoms with Crippen molar-refractivity contribution in [2.24, 2.45) is 0 Å². The molecule has 1 aromatic rings. The summed E-state index contributed by atoms with van der Waals surface area (Å²) >= 11 is 1.40. The first-order valence-electron chi connectivity index (χ1n) is 6.40. The summed E-state index contributed by atoms with van der Waals surface area (Å²) in [5.74, 6) is 0.411. The van der Waals surface area contributed by atoms with Crippen molar-refractivity contribution in [1.82, 2.24) is 9.88 Å². The summed E-state index contributed by atoms with van der Waals surface area (Å²) in [6.45, 7) is 4.72. The van der Waals surface area contributed by atoms with Crippen molar-refractivity contribution in [3.05, 3.63) is 4.88 Å². The molecule has 1 aliphatic heterocycles. The Bertz CT molecular complexity index is 426. The predicted molar refractivity (Wildman–Crippen MR) is 75.2 cm³/mol. The molecule has 1 fully saturated rings. The average molecular weight is 268 g/mol. The van der Waals surface area contributed by atoms with Gasteiger partial charge in [0, 0.05) is 26.7 Å². The summed E-state index contributed by atoms with van der Waals surface area (Å²) in [5.41, 5.74) is 5.87. The Kier molecular flexibility index (Phi) is 4.06. The fraction of sp³-hybridized carbons (Fsp3) is 0.667. The lowest BCUT2D eigenvalue weighted by Gasteiger charge is -2.14. The topological polar surface area (TPSA) is 62.5 Å². The second kappa shape index (κ2) is 5.56. The Morgan fingerprint density at radius 3 is 2.78 bits per heavy atom. The van der Waals surface area contributed by atoms with Crippen LogP contribution in [0.15, 0.2) is 0 Å². The van der Waals surface area contributed by atoms with Gasteiger partial charge in [0.05, 0.1) is 0 Å². The minimum Gasteiger partial charge on any atom is -0.382 e. The molecule has 6 heteroatoms. The largest absolute Gasteiger partial charge is 0.382 e. The highest BCUT2D eigenvalue weighted by atomic mass is 32.1. The third kappa shape index (κ3) is 2.58. The van der Waals surface area contributed by atoms with Crippen molar-refractivity contribution >= 4 is 28.2 Å². The molecule has 1 amide bonds. The molecule has 18 heavy (non-hydrogen) atoms. The van der Waals surface area contributed by atoms with Crippen LogP contribution in [-0.4, -0.2) is 42.5 Å². The maximum atomic E-state index is 12.3. The van der Waals surface area contributed by atoms with Gasteiger partial charge in [-0.3, -0.25) is 4.79 Å². The number of rotatable bonds is 4. The first kappa shape index (κ1) is 13.1. The Hall–Kier alpha value is -1.30. The van der Waals surface area contributed by atoms with Crippen molar-refractivity contribution in [2.45, 2.75) is 26.2 Å². The van der Waals surface area contributed by atoms with Gasteiger partial charge in [-0.25, -0.2) is 4.98 Å². The van der Waals surface area contributed by atoms with E-state index in [4.69, 9.17) is 5.73 Å². The summed E-state index contributed by atoms with van der Waals surface area (Å²) in [6.07, 6.45) is 3.23. The Morgan fingerprint density at radius 1 is 1.50 bits per heavy atom. The van der Waals surface area contributed by atoms with E-state index in [1.165, 1.54) is 11.3 Å². The van der Waals surface area contributed by atoms with Crippen LogP contribution in [0.5, 0.6) is 0 Å². The van der Waals surface area contributed by atoms with Gasteiger partial charge < -0.3 is 15.5 Å². The van der Waals surface area contributed by atoms with Gasteiger partial charge in [-0.2, -0.15) is 0 Å². The van der Waals surface area contributed by atoms with E-state index in [2.05, 4.69) is 11.9 Å². The van der Waals surface area contributed by atoms with Crippen LogP contribution >= 0.6 is 11.3 Å². The third-order valence-corrected chi connectivity index (χ3v) is 4.29. The maximum Gasteiger partial charge on any atom is 0.267 e. The molecular weight excluding hydrogens is 248 g/mol. The second-order valence-electron chi connectivity index (χ2n) is 4.63. The molecule has 0 unspecified atom stereocenters. The lowest BCUT2D eigenvalue weighted by atomic mass is 10.4. The van der Waals surface area contributed by atoms with Crippen molar-refractivity contribution in [3.63, 3.8) is 0 Å². The zero-order chi connectivity index (χ0) is 13.1. The van der Waals surface area contributed by atoms with E-state index in [9.17, 15) is 4.79 Å². The first-order valence-corrected chi connectivity index (χ1v) is 7.21. The van der Waals surface area contributed by atoms with E-state index in [1.54, 1.807) is 0 Å². The molecule has 0 atom stereocenters. The first-order chi connectivity index (χ1) is 8.63. The van der Waals surface area contributed by atoms with E-state index in [0.29, 0.717) is 10.7 Å². The molecule has 0 bridgehead atoms. The van der Waals surface area contributed by atoms with Crippen LogP contribution in [0.2, 0.25) is 0 Å². The van der Waals surface area contributed by atoms with Crippen molar-refractivity contribution < 1.29 is 4.79 Å². The number of amides is 1. The van der Waals surface area contributed by atoms with Gasteiger partial charge in [0.1, 0.15) is 10.7 Å². The van der Waals surface area contributed by atoms with E-state index in [1.807, 2.05) is 16.8 Å². The highest BCUT2D eigenvalue weighted by Crippen LogP contribution is 2.29. The zero-order valence-corrected chi connectivity index (χ0v) is 11.8. The number of carbonyl (C=O) groups is 1. The molecule has 1 aliphatic rings. The van der Waals surface area contributed by atoms with Gasteiger partial charge in [-0.1, -0.05) is 18.3 Å². The molecule has 1 aromatic heterocycles. The predicted octanol–water partition coefficient (Wildman–Crippen LogP) is 1.81. The third-order valence-electron chi connectivity index (χ3n) is 3.12. The Labute approximate surface area is 112 Å². The molecule has 0 saturated carbocycles. The van der Waals surface area contributed by atoms with Crippen LogP contribution in [0.25, 0.3) is 0 Å². The van der Waals surface area contributed by atoms with Gasteiger partial charge >= 0.3 is 0 Å². The Balaban J connectivity index is 2.15. The van der Waals surface area contributed by atoms with Crippen molar-refractivity contribution in [1.29, 1.82) is 0 Å². The molecule has 2 heterocycles. The summed E-state index contributed by atoms with van der Waals surface area (Å²) < 4.78 is 0. The number of nitrogens with zero attached hydrogens (tertiary/aromatic N) is 3. The van der Waals surface area contributed by atoms with Crippen molar-refractivity contribution in [3.8, 4) is 0 Å². The van der Waals surface area contributed by atoms with Crippen LogP contribution < -0.4 is 10.6 Å². The average Bonchev–Trinajstić information content (AvgIpc) is 2.97. The number of nitrogens with two attached hydrogens (primary N) is 1. The molecule has 0 radical (unpaired) electrons. The highest BCUT2D eigenvalue weighted by molar-refractivity contribution is 7.18. The monoisotopic (exact) mass is 268 g/mol. The minimum absolute atomic E-state index is 0.0404. The molecule has 0 spiro atoms. The molecule has 2 rings (SSSR count). The summed E-state index contributed by atoms with van der Waals surface area (Å²) in [4.78, 5) is 21.1. The van der Waals surface area contributed by atoms with E-state index in [-0.39, 0.29) is 5.91 Å². The quantitative estimate of drug-likeness (QED) is 0.904. The summed E-state index contributed by atoms with van der Waals surface area (Å²) in [5, 5.41) is 0.830. The van der Waals surface area contributed by atoms with E-state index >= 15 is 0 Å². The molecular formula is C12H20N4OS. The fourth-order valence-electron chi connectivity index (χ4n) is 2.13. The van der Waals surface area contributed by atoms with Crippen LogP contribution in [-0.2, 0) is 0 Å². The van der Waals surface area contributed by atoms with Crippen molar-refractivity contribution in [2.75, 3.05) is 37.3 Å². The molecule has 2 N–H and O–H groups in total. The molecule has 5 nitrogen and oxygen atoms in total. The number of nitrogen functional groups attached to an aromatic ring is 1. The van der Waals surface area contributed by atoms with E-state index < -0.39 is 0 Å². The van der Waals surface area contributed by atoms with E-state index in [0.717, 1.165) is 44.0 Å². The molecule has 1 saturated heterocycles. The normalized spacial score (nSPS) is 15.1. The number of carbonyl (C=O) groups excluding carboxylic acids is 1. The van der Waals surface area contributed by atoms with Crippen LogP contribution in [0.3, 0.4) is 0 Å². The molecule has 0 aliphatic carbocycles. The summed E-state index contributed by atoms with van der Waals surface area (Å²) in [6, 6.07) is 0. The second-order valence-corrected chi connectivity index (χ2v) is 5.61. The minimum atomic E-state index is 0.0404. The van der Waals surface area contributed by atoms with Crippen LogP contribution in [0, 0.1) is 0 Å². The zero-order valence-electron chi connectivity index (χ0n) is 11.0. The van der Waals surface area contributed by atoms with Gasteiger partial charge in [0.25, 0.3) is 5.91 Å². The van der Waals surface area contributed by atoms with Gasteiger partial charge in [-0.15, -0.1) is 0 Å². The number of thiazole rings is 1. The number of aromatic nitrogens is 1. The smallest absolute Gasteiger partial charge is 0.267 e. The molecule has 0 aromatic carbocycles. The maximum absolute atomic E-state index is 12.3. The SMILES string of the molecule is CCCN(C)c1nc(N)c(C(=O)N2CCCC2)s1.